The van der Waals surface area contributed by atoms with E-state index in [0.29, 0.717) is 0 Å². The second kappa shape index (κ2) is 3.52. The SMILES string of the molecule is B/N=I/F. The third-order valence-electron chi connectivity index (χ3n) is 0.0639. The molecule has 0 aliphatic carbocycles. The van der Waals surface area contributed by atoms with Gasteiger partial charge in [0.25, 0.3) is 7.98 Å². The van der Waals surface area contributed by atoms with Gasteiger partial charge in [0, 0.05) is 0 Å². The Bertz CT molecular complexity index is 23.2. The zero-order valence-corrected chi connectivity index (χ0v) is 4.36. The normalized spacial score (nSPS) is 11.2. The number of hydrogen-bond donors (Lipinski definition) is 0. The predicted octanol–water partition coefficient (Wildman–Crippen LogP) is 0.573. The molecule has 0 aromatic heterocycles. The number of nitrogens with zero attached hydrogens (tertiary/aromatic N) is 1. The van der Waals surface area contributed by atoms with E-state index in [1.54, 1.807) is 0 Å². The molecule has 0 rings (SSSR count). The average Bonchev–Trinajstić information content (AvgIpc) is 1.37. The molecule has 0 saturated carbocycles. The lowest BCUT2D eigenvalue weighted by molar-refractivity contribution is 1.03. The number of hydrogen-bond acceptors (Lipinski definition) is 1. The highest BCUT2D eigenvalue weighted by atomic mass is 127. The van der Waals surface area contributed by atoms with Gasteiger partial charge in [0.05, 0.1) is 0 Å². The van der Waals surface area contributed by atoms with Crippen LogP contribution in [-0.4, -0.2) is 7.98 Å². The van der Waals surface area contributed by atoms with E-state index in [1.807, 2.05) is 0 Å². The fraction of sp³-hybridized carbons (Fsp3) is 0. The highest BCUT2D eigenvalue weighted by Crippen LogP contribution is 1.93. The number of rotatable bonds is 0. The molecular weight excluding hydrogens is 171 g/mol. The van der Waals surface area contributed by atoms with Gasteiger partial charge in [-0.15, -0.1) is 0 Å². The van der Waals surface area contributed by atoms with Crippen LogP contribution in [0.25, 0.3) is 0 Å². The molecule has 0 aliphatic rings. The van der Waals surface area contributed by atoms with Gasteiger partial charge in [0.1, 0.15) is 0 Å². The van der Waals surface area contributed by atoms with E-state index in [2.05, 4.69) is 3.06 Å². The Hall–Kier alpha value is 0.525. The Balaban J connectivity index is 2.55. The van der Waals surface area contributed by atoms with E-state index in [4.69, 9.17) is 0 Å². The van der Waals surface area contributed by atoms with Crippen LogP contribution < -0.4 is 0 Å². The van der Waals surface area contributed by atoms with Crippen LogP contribution in [0.3, 0.4) is 0 Å². The first-order chi connectivity index (χ1) is 1.91. The van der Waals surface area contributed by atoms with Crippen molar-refractivity contribution < 1.29 is 2.86 Å². The lowest BCUT2D eigenvalue weighted by Gasteiger charge is -1.45. The van der Waals surface area contributed by atoms with Crippen molar-refractivity contribution in [3.63, 3.8) is 0 Å². The molecule has 4 heavy (non-hydrogen) atoms. The molecule has 0 amide bonds. The Kier molecular flexibility index (Phi) is 3.99. The van der Waals surface area contributed by atoms with Gasteiger partial charge < -0.3 is 3.06 Å². The lowest BCUT2D eigenvalue weighted by Crippen LogP contribution is -1.27. The molecule has 0 unspecified atom stereocenters. The fourth-order valence-electron chi connectivity index (χ4n) is 0. The van der Waals surface area contributed by atoms with Gasteiger partial charge in [-0.2, -0.15) is 2.86 Å². The third-order valence-corrected chi connectivity index (χ3v) is 0.429. The molecule has 0 fully saturated rings. The summed E-state index contributed by atoms with van der Waals surface area (Å²) in [4.78, 5) is 0. The van der Waals surface area contributed by atoms with Crippen molar-refractivity contribution in [1.82, 2.24) is 0 Å². The molecule has 0 heterocycles. The van der Waals surface area contributed by atoms with E-state index < -0.39 is 21.6 Å². The van der Waals surface area contributed by atoms with Crippen molar-refractivity contribution in [3.05, 3.63) is 0 Å². The first-order valence-electron chi connectivity index (χ1n) is 0.759. The van der Waals surface area contributed by atoms with Crippen molar-refractivity contribution in [2.45, 2.75) is 0 Å². The van der Waals surface area contributed by atoms with Crippen molar-refractivity contribution >= 4 is 29.6 Å². The summed E-state index contributed by atoms with van der Waals surface area (Å²) in [6.45, 7) is 0. The summed E-state index contributed by atoms with van der Waals surface area (Å²) in [5.41, 5.74) is 0. The van der Waals surface area contributed by atoms with Gasteiger partial charge in [-0.25, -0.2) is 0 Å². The average molecular weight is 173 g/mol. The molecule has 0 aliphatic heterocycles. The summed E-state index contributed by atoms with van der Waals surface area (Å²) in [5, 5.41) is 0. The van der Waals surface area contributed by atoms with Crippen LogP contribution in [0.2, 0.25) is 0 Å². The van der Waals surface area contributed by atoms with Gasteiger partial charge in [-0.1, -0.05) is 0 Å². The van der Waals surface area contributed by atoms with Gasteiger partial charge in [0.15, 0.2) is 21.6 Å². The highest BCUT2D eigenvalue weighted by Gasteiger charge is 1.42. The molecule has 0 bridgehead atoms. The standard InChI is InChI=1S/BFH2IN/c1-4-3-2/h1H2. The van der Waals surface area contributed by atoms with E-state index in [9.17, 15) is 2.86 Å². The van der Waals surface area contributed by atoms with Gasteiger partial charge in [-0.3, -0.25) is 0 Å². The highest BCUT2D eigenvalue weighted by molar-refractivity contribution is 14.1. The maximum Gasteiger partial charge on any atom is 0.255 e. The quantitative estimate of drug-likeness (QED) is 0.375. The Morgan fingerprint density at radius 1 is 2.00 bits per heavy atom. The molecular formula is H2BFIN. The minimum absolute atomic E-state index is 1.26. The summed E-state index contributed by atoms with van der Waals surface area (Å²) in [6.07, 6.45) is 0. The summed E-state index contributed by atoms with van der Waals surface area (Å²) in [5.74, 6) is 0. The van der Waals surface area contributed by atoms with Crippen LogP contribution in [0.1, 0.15) is 0 Å². The molecule has 4 heteroatoms. The Morgan fingerprint density at radius 3 is 2.25 bits per heavy atom. The fourth-order valence-corrected chi connectivity index (χ4v) is 0. The van der Waals surface area contributed by atoms with Crippen molar-refractivity contribution in [2.75, 3.05) is 0 Å². The summed E-state index contributed by atoms with van der Waals surface area (Å²) < 4.78 is 13.8. The van der Waals surface area contributed by atoms with Crippen LogP contribution in [0, 0.1) is 0 Å². The largest absolute Gasteiger partial charge is 0.304 e. The molecule has 0 atom stereocenters. The molecule has 0 aromatic carbocycles. The minimum Gasteiger partial charge on any atom is -0.304 e. The van der Waals surface area contributed by atoms with Crippen molar-refractivity contribution in [1.29, 1.82) is 0 Å². The van der Waals surface area contributed by atoms with Gasteiger partial charge >= 0.3 is 0 Å². The van der Waals surface area contributed by atoms with Crippen LogP contribution >= 0.6 is 21.6 Å². The van der Waals surface area contributed by atoms with Crippen molar-refractivity contribution in [2.24, 2.45) is 3.06 Å². The van der Waals surface area contributed by atoms with Gasteiger partial charge in [-0.05, 0) is 0 Å². The van der Waals surface area contributed by atoms with E-state index in [0.717, 1.165) is 0 Å². The monoisotopic (exact) mass is 173 g/mol. The summed E-state index contributed by atoms with van der Waals surface area (Å²) >= 11 is -1.26. The minimum atomic E-state index is -1.26. The second-order valence-corrected chi connectivity index (χ2v) is 1.56. The summed E-state index contributed by atoms with van der Waals surface area (Å²) in [7, 11) is 1.48. The first-order valence-corrected chi connectivity index (χ1v) is 2.54. The molecule has 0 N–H and O–H groups in total. The molecule has 0 radical (unpaired) electrons. The number of halogens is 2. The second-order valence-electron chi connectivity index (χ2n) is 0.233. The Morgan fingerprint density at radius 2 is 2.25 bits per heavy atom. The topological polar surface area (TPSA) is 12.4 Å². The third kappa shape index (κ3) is 2.52. The zero-order chi connectivity index (χ0) is 3.41. The molecule has 24 valence electrons. The summed E-state index contributed by atoms with van der Waals surface area (Å²) in [6, 6.07) is 0. The Labute approximate surface area is 36.0 Å². The van der Waals surface area contributed by atoms with Crippen LogP contribution in [0.4, 0.5) is 2.86 Å². The van der Waals surface area contributed by atoms with Crippen LogP contribution in [0.15, 0.2) is 3.06 Å². The molecule has 1 nitrogen and oxygen atoms in total. The molecule has 0 aromatic rings. The van der Waals surface area contributed by atoms with Crippen molar-refractivity contribution in [3.8, 4) is 0 Å². The van der Waals surface area contributed by atoms with E-state index >= 15 is 0 Å². The van der Waals surface area contributed by atoms with E-state index in [-0.39, 0.29) is 0 Å². The van der Waals surface area contributed by atoms with Crippen LogP contribution in [-0.2, 0) is 0 Å². The maximum atomic E-state index is 10.7. The molecule has 0 saturated heterocycles. The van der Waals surface area contributed by atoms with Crippen LogP contribution in [0.5, 0.6) is 0 Å². The zero-order valence-electron chi connectivity index (χ0n) is 2.20. The smallest absolute Gasteiger partial charge is 0.255 e. The maximum absolute atomic E-state index is 10.7. The predicted molar refractivity (Wildman–Crippen MR) is 26.1 cm³/mol. The van der Waals surface area contributed by atoms with E-state index in [1.165, 1.54) is 7.98 Å². The molecule has 0 spiro atoms. The van der Waals surface area contributed by atoms with Gasteiger partial charge in [0.2, 0.25) is 0 Å². The lowest BCUT2D eigenvalue weighted by atomic mass is 10.5. The first kappa shape index (κ1) is 4.52.